The molecule has 1 aromatic heterocycles. The van der Waals surface area contributed by atoms with Gasteiger partial charge in [-0.3, -0.25) is 0 Å². The number of carbonyl (C=O) groups is 2. The highest BCUT2D eigenvalue weighted by Crippen LogP contribution is 2.34. The van der Waals surface area contributed by atoms with E-state index in [-0.39, 0.29) is 41.5 Å². The average molecular weight is 559 g/mol. The topological polar surface area (TPSA) is 119 Å². The lowest BCUT2D eigenvalue weighted by Gasteiger charge is -2.44. The Labute approximate surface area is 218 Å². The Morgan fingerprint density at radius 2 is 1.84 bits per heavy atom. The monoisotopic (exact) mass is 558 g/mol. The molecule has 1 atom stereocenters. The van der Waals surface area contributed by atoms with E-state index < -0.39 is 39.2 Å². The van der Waals surface area contributed by atoms with E-state index in [1.54, 1.807) is 11.0 Å². The number of carbonyl (C=O) groups excluding carboxylic acids is 2. The molecule has 2 aromatic rings. The highest BCUT2D eigenvalue weighted by molar-refractivity contribution is 7.90. The van der Waals surface area contributed by atoms with Crippen LogP contribution in [0.15, 0.2) is 29.3 Å². The van der Waals surface area contributed by atoms with E-state index in [9.17, 15) is 31.2 Å². The first-order valence-corrected chi connectivity index (χ1v) is 13.6. The Hall–Kier alpha value is -3.42. The molecule has 0 spiro atoms. The molecule has 0 saturated carbocycles. The number of aromatic nitrogens is 2. The van der Waals surface area contributed by atoms with Gasteiger partial charge in [0.25, 0.3) is 0 Å². The Morgan fingerprint density at radius 1 is 1.16 bits per heavy atom. The van der Waals surface area contributed by atoms with Crippen molar-refractivity contribution in [2.24, 2.45) is 5.92 Å². The summed E-state index contributed by atoms with van der Waals surface area (Å²) in [6.07, 6.45) is -3.09. The summed E-state index contributed by atoms with van der Waals surface area (Å²) in [7, 11) is -2.62. The summed E-state index contributed by atoms with van der Waals surface area (Å²) in [5.74, 6) is -2.19. The molecular formula is C24H29F3N4O6S. The molecule has 3 rings (SSSR count). The van der Waals surface area contributed by atoms with Crippen LogP contribution < -0.4 is 9.80 Å². The van der Waals surface area contributed by atoms with Gasteiger partial charge in [0.2, 0.25) is 5.95 Å². The molecule has 10 nitrogen and oxygen atoms in total. The van der Waals surface area contributed by atoms with Gasteiger partial charge in [0.15, 0.2) is 15.5 Å². The van der Waals surface area contributed by atoms with E-state index in [2.05, 4.69) is 9.97 Å². The molecule has 1 aliphatic rings. The smallest absolute Gasteiger partial charge is 0.434 e. The van der Waals surface area contributed by atoms with Crippen molar-refractivity contribution in [3.05, 3.63) is 41.2 Å². The molecule has 0 radical (unpaired) electrons. The number of rotatable bonds is 7. The number of ether oxygens (including phenoxy) is 2. The second-order valence-electron chi connectivity index (χ2n) is 9.05. The molecule has 0 bridgehead atoms. The fourth-order valence-corrected chi connectivity index (χ4v) is 5.13. The van der Waals surface area contributed by atoms with Crippen LogP contribution in [0.1, 0.15) is 47.2 Å². The van der Waals surface area contributed by atoms with Gasteiger partial charge in [-0.1, -0.05) is 13.8 Å². The molecule has 0 N–H and O–H groups in total. The molecule has 208 valence electrons. The second kappa shape index (κ2) is 11.1. The number of halogens is 3. The molecule has 1 aromatic carbocycles. The number of esters is 2. The number of alkyl halides is 3. The quantitative estimate of drug-likeness (QED) is 0.469. The summed E-state index contributed by atoms with van der Waals surface area (Å²) in [5, 5.41) is 0. The number of benzene rings is 1. The Kier molecular flexibility index (Phi) is 8.54. The van der Waals surface area contributed by atoms with Crippen LogP contribution in [0.4, 0.5) is 24.8 Å². The van der Waals surface area contributed by atoms with Gasteiger partial charge in [0.05, 0.1) is 30.2 Å². The van der Waals surface area contributed by atoms with E-state index in [0.717, 1.165) is 19.6 Å². The predicted octanol–water partition coefficient (Wildman–Crippen LogP) is 3.21. The van der Waals surface area contributed by atoms with E-state index in [4.69, 9.17) is 9.47 Å². The number of anilines is 2. The predicted molar refractivity (Wildman–Crippen MR) is 132 cm³/mol. The minimum Gasteiger partial charge on any atom is -0.465 e. The van der Waals surface area contributed by atoms with Crippen molar-refractivity contribution < 1.29 is 40.7 Å². The first kappa shape index (κ1) is 29.1. The molecule has 1 fully saturated rings. The van der Waals surface area contributed by atoms with Gasteiger partial charge in [0, 0.05) is 37.8 Å². The zero-order valence-corrected chi connectivity index (χ0v) is 22.4. The molecule has 0 aliphatic carbocycles. The van der Waals surface area contributed by atoms with E-state index in [0.29, 0.717) is 18.8 Å². The van der Waals surface area contributed by atoms with Crippen LogP contribution in [0.3, 0.4) is 0 Å². The standard InChI is InChI=1S/C24H29F3N4O6S/c1-6-37-22(33)17-12-28-23(29-20(17)24(25,26)27)31-10-9-30(13-18(31)14(2)3)15-7-8-16(21(32)36-4)19(11-15)38(5,34)35/h7-8,11-12,14,18H,6,9-10,13H2,1-5H3/t18-/m0/s1. The number of sulfone groups is 1. The molecule has 14 heteroatoms. The van der Waals surface area contributed by atoms with Crippen molar-refractivity contribution in [3.63, 3.8) is 0 Å². The molecule has 2 heterocycles. The van der Waals surface area contributed by atoms with E-state index in [1.165, 1.54) is 19.1 Å². The van der Waals surface area contributed by atoms with Crippen LogP contribution in [0.2, 0.25) is 0 Å². The molecule has 38 heavy (non-hydrogen) atoms. The Balaban J connectivity index is 1.97. The largest absolute Gasteiger partial charge is 0.465 e. The van der Waals surface area contributed by atoms with E-state index in [1.807, 2.05) is 18.7 Å². The lowest BCUT2D eigenvalue weighted by molar-refractivity contribution is -0.141. The van der Waals surface area contributed by atoms with Crippen molar-refractivity contribution in [1.82, 2.24) is 9.97 Å². The lowest BCUT2D eigenvalue weighted by Crippen LogP contribution is -2.56. The second-order valence-corrected chi connectivity index (χ2v) is 11.0. The SMILES string of the molecule is CCOC(=O)c1cnc(N2CCN(c3ccc(C(=O)OC)c(S(C)(=O)=O)c3)C[C@H]2C(C)C)nc1C(F)(F)F. The third kappa shape index (κ3) is 6.17. The Bertz CT molecular complexity index is 1320. The average Bonchev–Trinajstić information content (AvgIpc) is 2.86. The van der Waals surface area contributed by atoms with Gasteiger partial charge in [-0.15, -0.1) is 0 Å². The minimum atomic E-state index is -4.90. The first-order chi connectivity index (χ1) is 17.7. The van der Waals surface area contributed by atoms with Crippen molar-refractivity contribution in [2.45, 2.75) is 37.9 Å². The van der Waals surface area contributed by atoms with Crippen molar-refractivity contribution in [1.29, 1.82) is 0 Å². The summed E-state index contributed by atoms with van der Waals surface area (Å²) < 4.78 is 75.5. The maximum Gasteiger partial charge on any atom is 0.434 e. The van der Waals surface area contributed by atoms with Crippen molar-refractivity contribution in [3.8, 4) is 0 Å². The highest BCUT2D eigenvalue weighted by atomic mass is 32.2. The summed E-state index contributed by atoms with van der Waals surface area (Å²) in [6.45, 7) is 5.98. The van der Waals surface area contributed by atoms with Gasteiger partial charge in [-0.2, -0.15) is 13.2 Å². The maximum absolute atomic E-state index is 13.8. The first-order valence-electron chi connectivity index (χ1n) is 11.7. The van der Waals surface area contributed by atoms with Gasteiger partial charge < -0.3 is 19.3 Å². The minimum absolute atomic E-state index is 0.0656. The van der Waals surface area contributed by atoms with Gasteiger partial charge in [0.1, 0.15) is 5.56 Å². The summed E-state index contributed by atoms with van der Waals surface area (Å²) in [4.78, 5) is 35.3. The van der Waals surface area contributed by atoms with Gasteiger partial charge in [-0.05, 0) is 31.0 Å². The number of methoxy groups -OCH3 is 1. The van der Waals surface area contributed by atoms with Crippen LogP contribution in [0.25, 0.3) is 0 Å². The number of nitrogens with zero attached hydrogens (tertiary/aromatic N) is 4. The molecule has 1 aliphatic heterocycles. The Morgan fingerprint density at radius 3 is 2.39 bits per heavy atom. The van der Waals surface area contributed by atoms with Crippen molar-refractivity contribution >= 4 is 33.4 Å². The van der Waals surface area contributed by atoms with Crippen LogP contribution in [0, 0.1) is 5.92 Å². The molecule has 1 saturated heterocycles. The van der Waals surface area contributed by atoms with Crippen molar-refractivity contribution in [2.75, 3.05) is 49.4 Å². The van der Waals surface area contributed by atoms with E-state index >= 15 is 0 Å². The summed E-state index contributed by atoms with van der Waals surface area (Å²) in [6, 6.07) is 4.00. The fourth-order valence-electron chi connectivity index (χ4n) is 4.24. The van der Waals surface area contributed by atoms with Gasteiger partial charge in [-0.25, -0.2) is 28.0 Å². The normalized spacial score (nSPS) is 16.5. The summed E-state index contributed by atoms with van der Waals surface area (Å²) >= 11 is 0. The molecule has 0 amide bonds. The fraction of sp³-hybridized carbons (Fsp3) is 0.500. The number of hydrogen-bond acceptors (Lipinski definition) is 10. The lowest BCUT2D eigenvalue weighted by atomic mass is 9.99. The third-order valence-electron chi connectivity index (χ3n) is 6.12. The summed E-state index contributed by atoms with van der Waals surface area (Å²) in [5.41, 5.74) is -1.70. The van der Waals surface area contributed by atoms with Crippen LogP contribution in [-0.4, -0.2) is 76.0 Å². The zero-order chi connectivity index (χ0) is 28.4. The molecular weight excluding hydrogens is 529 g/mol. The molecule has 0 unspecified atom stereocenters. The third-order valence-corrected chi connectivity index (χ3v) is 7.26. The maximum atomic E-state index is 13.8. The van der Waals surface area contributed by atoms with Crippen LogP contribution in [-0.2, 0) is 25.5 Å². The highest BCUT2D eigenvalue weighted by Gasteiger charge is 2.40. The van der Waals surface area contributed by atoms with Crippen LogP contribution >= 0.6 is 0 Å². The number of piperazine rings is 1. The van der Waals surface area contributed by atoms with Gasteiger partial charge >= 0.3 is 18.1 Å². The number of hydrogen-bond donors (Lipinski definition) is 0. The zero-order valence-electron chi connectivity index (χ0n) is 21.6. The van der Waals surface area contributed by atoms with Crippen LogP contribution in [0.5, 0.6) is 0 Å².